The van der Waals surface area contributed by atoms with Gasteiger partial charge in [-0.15, -0.1) is 6.58 Å². The Labute approximate surface area is 105 Å². The van der Waals surface area contributed by atoms with Crippen LogP contribution in [0.15, 0.2) is 35.3 Å². The molecule has 0 spiro atoms. The first-order chi connectivity index (χ1) is 7.74. The van der Waals surface area contributed by atoms with Gasteiger partial charge in [0.1, 0.15) is 0 Å². The molecule has 0 saturated heterocycles. The molecule has 1 aromatic carbocycles. The topological polar surface area (TPSA) is 47.3 Å². The Morgan fingerprint density at radius 3 is 2.94 bits per heavy atom. The number of hydrogen-bond acceptors (Lipinski definition) is 3. The highest BCUT2D eigenvalue weighted by molar-refractivity contribution is 9.10. The van der Waals surface area contributed by atoms with Gasteiger partial charge in [-0.3, -0.25) is 0 Å². The molecule has 16 heavy (non-hydrogen) atoms. The largest absolute Gasteiger partial charge is 0.397 e. The molecule has 0 aliphatic carbocycles. The van der Waals surface area contributed by atoms with Gasteiger partial charge in [0, 0.05) is 11.0 Å². The highest BCUT2D eigenvalue weighted by Crippen LogP contribution is 2.22. The smallest absolute Gasteiger partial charge is 0.0639 e. The summed E-state index contributed by atoms with van der Waals surface area (Å²) in [5, 5.41) is 3.22. The number of halogens is 1. The summed E-state index contributed by atoms with van der Waals surface area (Å²) >= 11 is 3.36. The Hall–Kier alpha value is -1.00. The molecule has 3 nitrogen and oxygen atoms in total. The summed E-state index contributed by atoms with van der Waals surface area (Å²) in [6.45, 7) is 5.78. The molecule has 0 heterocycles. The number of ether oxygens (including phenoxy) is 1. The molecule has 0 radical (unpaired) electrons. The molecule has 0 aliphatic rings. The van der Waals surface area contributed by atoms with E-state index < -0.39 is 0 Å². The number of nitrogens with two attached hydrogens (primary N) is 1. The van der Waals surface area contributed by atoms with Crippen LogP contribution < -0.4 is 11.1 Å². The molecular weight excluding hydrogens is 268 g/mol. The highest BCUT2D eigenvalue weighted by atomic mass is 79.9. The third-order valence-corrected chi connectivity index (χ3v) is 2.54. The standard InChI is InChI=1S/C12H17BrN2O/c1-2-3-7-16-8-6-15-12-5-4-10(13)9-11(12)14/h2,4-5,9,15H,1,3,6-8,14H2. The van der Waals surface area contributed by atoms with Crippen molar-refractivity contribution in [3.63, 3.8) is 0 Å². The molecule has 0 saturated carbocycles. The molecule has 0 bridgehead atoms. The maximum Gasteiger partial charge on any atom is 0.0639 e. The number of anilines is 2. The molecule has 0 fully saturated rings. The summed E-state index contributed by atoms with van der Waals surface area (Å²) in [5.41, 5.74) is 7.51. The van der Waals surface area contributed by atoms with E-state index in [4.69, 9.17) is 10.5 Å². The van der Waals surface area contributed by atoms with E-state index in [2.05, 4.69) is 27.8 Å². The van der Waals surface area contributed by atoms with Crippen LogP contribution in [0.2, 0.25) is 0 Å². The normalized spacial score (nSPS) is 10.1. The highest BCUT2D eigenvalue weighted by Gasteiger charge is 1.98. The van der Waals surface area contributed by atoms with Crippen LogP contribution in [0, 0.1) is 0 Å². The molecular formula is C12H17BrN2O. The summed E-state index contributed by atoms with van der Waals surface area (Å²) in [6.07, 6.45) is 2.74. The van der Waals surface area contributed by atoms with Crippen molar-refractivity contribution in [3.05, 3.63) is 35.3 Å². The van der Waals surface area contributed by atoms with Crippen molar-refractivity contribution in [3.8, 4) is 0 Å². The predicted molar refractivity (Wildman–Crippen MR) is 72.7 cm³/mol. The van der Waals surface area contributed by atoms with Crippen LogP contribution in [-0.4, -0.2) is 19.8 Å². The van der Waals surface area contributed by atoms with Crippen LogP contribution in [0.1, 0.15) is 6.42 Å². The van der Waals surface area contributed by atoms with Crippen LogP contribution in [0.3, 0.4) is 0 Å². The summed E-state index contributed by atoms with van der Waals surface area (Å²) in [5.74, 6) is 0. The molecule has 0 atom stereocenters. The lowest BCUT2D eigenvalue weighted by atomic mass is 10.3. The summed E-state index contributed by atoms with van der Waals surface area (Å²) in [6, 6.07) is 5.78. The number of rotatable bonds is 7. The summed E-state index contributed by atoms with van der Waals surface area (Å²) in [7, 11) is 0. The first-order valence-electron chi connectivity index (χ1n) is 5.21. The Bertz CT molecular complexity index is 342. The lowest BCUT2D eigenvalue weighted by Crippen LogP contribution is -2.10. The van der Waals surface area contributed by atoms with Gasteiger partial charge in [0.2, 0.25) is 0 Å². The van der Waals surface area contributed by atoms with Crippen molar-refractivity contribution in [1.29, 1.82) is 0 Å². The predicted octanol–water partition coefficient (Wildman–Crippen LogP) is 3.04. The second-order valence-electron chi connectivity index (χ2n) is 3.35. The number of nitrogens with one attached hydrogen (secondary N) is 1. The van der Waals surface area contributed by atoms with E-state index in [9.17, 15) is 0 Å². The third kappa shape index (κ3) is 4.68. The van der Waals surface area contributed by atoms with Gasteiger partial charge in [0.25, 0.3) is 0 Å². The molecule has 1 rings (SSSR count). The van der Waals surface area contributed by atoms with E-state index in [1.165, 1.54) is 0 Å². The second kappa shape index (κ2) is 7.30. The molecule has 0 aliphatic heterocycles. The maximum atomic E-state index is 5.84. The van der Waals surface area contributed by atoms with Crippen molar-refractivity contribution >= 4 is 27.3 Å². The zero-order valence-corrected chi connectivity index (χ0v) is 10.8. The molecule has 3 N–H and O–H groups in total. The quantitative estimate of drug-likeness (QED) is 0.460. The van der Waals surface area contributed by atoms with Gasteiger partial charge in [0.05, 0.1) is 24.6 Å². The minimum absolute atomic E-state index is 0.670. The van der Waals surface area contributed by atoms with Crippen LogP contribution >= 0.6 is 15.9 Å². The molecule has 88 valence electrons. The van der Waals surface area contributed by atoms with Gasteiger partial charge in [-0.1, -0.05) is 22.0 Å². The van der Waals surface area contributed by atoms with E-state index in [0.717, 1.165) is 35.4 Å². The number of nitrogen functional groups attached to an aromatic ring is 1. The fourth-order valence-corrected chi connectivity index (χ4v) is 1.60. The van der Waals surface area contributed by atoms with Crippen molar-refractivity contribution in [2.45, 2.75) is 6.42 Å². The van der Waals surface area contributed by atoms with Crippen LogP contribution in [-0.2, 0) is 4.74 Å². The van der Waals surface area contributed by atoms with Gasteiger partial charge in [-0.2, -0.15) is 0 Å². The zero-order chi connectivity index (χ0) is 11.8. The Morgan fingerprint density at radius 1 is 1.44 bits per heavy atom. The number of benzene rings is 1. The average molecular weight is 285 g/mol. The van der Waals surface area contributed by atoms with Crippen LogP contribution in [0.25, 0.3) is 0 Å². The lowest BCUT2D eigenvalue weighted by molar-refractivity contribution is 0.149. The Morgan fingerprint density at radius 2 is 2.25 bits per heavy atom. The molecule has 0 unspecified atom stereocenters. The van der Waals surface area contributed by atoms with Gasteiger partial charge >= 0.3 is 0 Å². The Balaban J connectivity index is 2.24. The van der Waals surface area contributed by atoms with Gasteiger partial charge in [-0.05, 0) is 24.6 Å². The van der Waals surface area contributed by atoms with Crippen molar-refractivity contribution in [2.24, 2.45) is 0 Å². The van der Waals surface area contributed by atoms with Crippen molar-refractivity contribution in [2.75, 3.05) is 30.8 Å². The summed E-state index contributed by atoms with van der Waals surface area (Å²) in [4.78, 5) is 0. The fraction of sp³-hybridized carbons (Fsp3) is 0.333. The summed E-state index contributed by atoms with van der Waals surface area (Å²) < 4.78 is 6.36. The molecule has 0 aromatic heterocycles. The van der Waals surface area contributed by atoms with E-state index >= 15 is 0 Å². The van der Waals surface area contributed by atoms with Gasteiger partial charge < -0.3 is 15.8 Å². The van der Waals surface area contributed by atoms with E-state index in [-0.39, 0.29) is 0 Å². The minimum Gasteiger partial charge on any atom is -0.397 e. The maximum absolute atomic E-state index is 5.84. The van der Waals surface area contributed by atoms with Crippen molar-refractivity contribution in [1.82, 2.24) is 0 Å². The fourth-order valence-electron chi connectivity index (χ4n) is 1.22. The number of hydrogen-bond donors (Lipinski definition) is 2. The average Bonchev–Trinajstić information content (AvgIpc) is 2.26. The second-order valence-corrected chi connectivity index (χ2v) is 4.26. The van der Waals surface area contributed by atoms with Crippen LogP contribution in [0.5, 0.6) is 0 Å². The van der Waals surface area contributed by atoms with E-state index in [0.29, 0.717) is 6.61 Å². The van der Waals surface area contributed by atoms with Crippen LogP contribution in [0.4, 0.5) is 11.4 Å². The third-order valence-electron chi connectivity index (χ3n) is 2.04. The van der Waals surface area contributed by atoms with Crippen molar-refractivity contribution < 1.29 is 4.74 Å². The minimum atomic E-state index is 0.670. The van der Waals surface area contributed by atoms with Gasteiger partial charge in [0.15, 0.2) is 0 Å². The Kier molecular flexibility index (Phi) is 5.96. The first kappa shape index (κ1) is 13.1. The molecule has 1 aromatic rings. The monoisotopic (exact) mass is 284 g/mol. The molecule has 4 heteroatoms. The first-order valence-corrected chi connectivity index (χ1v) is 6.01. The van der Waals surface area contributed by atoms with E-state index in [1.54, 1.807) is 0 Å². The SMILES string of the molecule is C=CCCOCCNc1ccc(Br)cc1N. The lowest BCUT2D eigenvalue weighted by Gasteiger charge is -2.09. The van der Waals surface area contributed by atoms with Gasteiger partial charge in [-0.25, -0.2) is 0 Å². The van der Waals surface area contributed by atoms with E-state index in [1.807, 2.05) is 24.3 Å². The molecule has 0 amide bonds. The zero-order valence-electron chi connectivity index (χ0n) is 9.21.